The minimum Gasteiger partial charge on any atom is -0.464 e. The number of ether oxygens (including phenoxy) is 1. The lowest BCUT2D eigenvalue weighted by Crippen LogP contribution is -2.45. The summed E-state index contributed by atoms with van der Waals surface area (Å²) in [4.78, 5) is 18.1. The van der Waals surface area contributed by atoms with Crippen LogP contribution in [0.3, 0.4) is 0 Å². The number of benzene rings is 1. The van der Waals surface area contributed by atoms with E-state index in [9.17, 15) is 4.79 Å². The van der Waals surface area contributed by atoms with Crippen LogP contribution in [-0.4, -0.2) is 30.1 Å². The molecule has 24 heavy (non-hydrogen) atoms. The number of carbonyl (C=O) groups excluding carboxylic acids is 1. The van der Waals surface area contributed by atoms with Gasteiger partial charge in [-0.25, -0.2) is 4.79 Å². The highest BCUT2D eigenvalue weighted by Gasteiger charge is 2.37. The minimum atomic E-state index is -0.263. The first-order valence-electron chi connectivity index (χ1n) is 8.40. The molecule has 4 nitrogen and oxygen atoms in total. The van der Waals surface area contributed by atoms with Gasteiger partial charge in [-0.1, -0.05) is 32.0 Å². The van der Waals surface area contributed by atoms with Gasteiger partial charge in [0.25, 0.3) is 0 Å². The Morgan fingerprint density at radius 2 is 2.08 bits per heavy atom. The first-order valence-corrected chi connectivity index (χ1v) is 9.39. The molecular weight excluding hydrogens is 320 g/mol. The van der Waals surface area contributed by atoms with Gasteiger partial charge in [0.2, 0.25) is 0 Å². The van der Waals surface area contributed by atoms with E-state index >= 15 is 0 Å². The molecule has 0 aromatic heterocycles. The Morgan fingerprint density at radius 1 is 1.33 bits per heavy atom. The number of nitrogens with one attached hydrogen (secondary N) is 1. The van der Waals surface area contributed by atoms with Gasteiger partial charge in [0.15, 0.2) is 0 Å². The number of thioether (sulfide) groups is 1. The van der Waals surface area contributed by atoms with E-state index in [1.165, 1.54) is 4.91 Å². The van der Waals surface area contributed by atoms with Gasteiger partial charge in [-0.15, -0.1) is 11.8 Å². The third-order valence-electron chi connectivity index (χ3n) is 4.17. The van der Waals surface area contributed by atoms with Crippen molar-refractivity contribution in [3.8, 4) is 0 Å². The lowest BCUT2D eigenvalue weighted by atomic mass is 9.78. The zero-order valence-electron chi connectivity index (χ0n) is 14.5. The lowest BCUT2D eigenvalue weighted by molar-refractivity contribution is -0.144. The van der Waals surface area contributed by atoms with Crippen molar-refractivity contribution in [1.82, 2.24) is 5.32 Å². The minimum absolute atomic E-state index is 0.122. The first kappa shape index (κ1) is 17.1. The summed E-state index contributed by atoms with van der Waals surface area (Å²) in [6.07, 6.45) is 1.87. The second kappa shape index (κ2) is 7.01. The van der Waals surface area contributed by atoms with Gasteiger partial charge >= 0.3 is 5.97 Å². The summed E-state index contributed by atoms with van der Waals surface area (Å²) in [5, 5.41) is 3.41. The molecule has 0 fully saturated rings. The van der Waals surface area contributed by atoms with Crippen LogP contribution in [0, 0.1) is 5.41 Å². The molecule has 3 rings (SSSR count). The molecule has 0 bridgehead atoms. The molecule has 1 N–H and O–H groups in total. The molecular formula is C19H24N2O2S. The van der Waals surface area contributed by atoms with Gasteiger partial charge in [0, 0.05) is 16.4 Å². The van der Waals surface area contributed by atoms with Gasteiger partial charge in [-0.2, -0.15) is 0 Å². The van der Waals surface area contributed by atoms with Gasteiger partial charge in [-0.3, -0.25) is 4.99 Å². The molecule has 0 amide bonds. The highest BCUT2D eigenvalue weighted by Crippen LogP contribution is 2.43. The van der Waals surface area contributed by atoms with E-state index in [-0.39, 0.29) is 17.4 Å². The Morgan fingerprint density at radius 3 is 2.79 bits per heavy atom. The van der Waals surface area contributed by atoms with Crippen LogP contribution in [0.2, 0.25) is 0 Å². The average molecular weight is 344 g/mol. The summed E-state index contributed by atoms with van der Waals surface area (Å²) in [5.41, 5.74) is 3.35. The maximum Gasteiger partial charge on any atom is 0.329 e. The zero-order chi connectivity index (χ0) is 17.2. The highest BCUT2D eigenvalue weighted by atomic mass is 32.2. The zero-order valence-corrected chi connectivity index (χ0v) is 15.3. The molecule has 5 heteroatoms. The van der Waals surface area contributed by atoms with Crippen LogP contribution in [0.25, 0.3) is 0 Å². The predicted molar refractivity (Wildman–Crippen MR) is 99.6 cm³/mol. The third kappa shape index (κ3) is 3.83. The summed E-state index contributed by atoms with van der Waals surface area (Å²) >= 11 is 1.72. The molecule has 1 aliphatic carbocycles. The predicted octanol–water partition coefficient (Wildman–Crippen LogP) is 4.06. The maximum absolute atomic E-state index is 12.1. The molecule has 0 spiro atoms. The van der Waals surface area contributed by atoms with Gasteiger partial charge in [0.1, 0.15) is 6.04 Å². The van der Waals surface area contributed by atoms with Crippen molar-refractivity contribution in [2.24, 2.45) is 10.4 Å². The van der Waals surface area contributed by atoms with Crippen LogP contribution >= 0.6 is 11.8 Å². The third-order valence-corrected chi connectivity index (χ3v) is 5.44. The van der Waals surface area contributed by atoms with Crippen molar-refractivity contribution in [1.29, 1.82) is 0 Å². The van der Waals surface area contributed by atoms with Crippen molar-refractivity contribution >= 4 is 29.1 Å². The fourth-order valence-corrected chi connectivity index (χ4v) is 4.30. The molecule has 1 atom stereocenters. The number of allylic oxidation sites excluding steroid dienone is 2. The second-order valence-corrected chi connectivity index (χ2v) is 8.01. The number of aliphatic imine (C=N–C) groups is 1. The van der Waals surface area contributed by atoms with E-state index in [1.807, 2.05) is 37.3 Å². The molecule has 1 unspecified atom stereocenters. The SMILES string of the molecule is CCOC(=O)C1CSC2=C(CC(C)(C)C/C2=N\c2ccccc2)N1. The molecule has 1 aliphatic heterocycles. The van der Waals surface area contributed by atoms with Crippen LogP contribution in [0.1, 0.15) is 33.6 Å². The Balaban J connectivity index is 1.90. The smallest absolute Gasteiger partial charge is 0.329 e. The second-order valence-electron chi connectivity index (χ2n) is 6.98. The van der Waals surface area contributed by atoms with Crippen LogP contribution < -0.4 is 5.32 Å². The average Bonchev–Trinajstić information content (AvgIpc) is 2.54. The van der Waals surface area contributed by atoms with E-state index in [4.69, 9.17) is 9.73 Å². The van der Waals surface area contributed by atoms with Crippen molar-refractivity contribution in [3.05, 3.63) is 40.9 Å². The van der Waals surface area contributed by atoms with Crippen molar-refractivity contribution in [2.75, 3.05) is 12.4 Å². The van der Waals surface area contributed by atoms with E-state index < -0.39 is 0 Å². The maximum atomic E-state index is 12.1. The van der Waals surface area contributed by atoms with Gasteiger partial charge < -0.3 is 10.1 Å². The summed E-state index contributed by atoms with van der Waals surface area (Å²) in [5.74, 6) is 0.521. The van der Waals surface area contributed by atoms with Crippen LogP contribution in [0.15, 0.2) is 45.9 Å². The Labute approximate surface area is 147 Å². The molecule has 128 valence electrons. The molecule has 0 saturated heterocycles. The van der Waals surface area contributed by atoms with Gasteiger partial charge in [-0.05, 0) is 37.3 Å². The molecule has 1 aromatic carbocycles. The summed E-state index contributed by atoms with van der Waals surface area (Å²) in [6, 6.07) is 9.80. The summed E-state index contributed by atoms with van der Waals surface area (Å²) in [6.45, 7) is 6.75. The van der Waals surface area contributed by atoms with Gasteiger partial charge in [0.05, 0.1) is 18.0 Å². The van der Waals surface area contributed by atoms with Crippen LogP contribution in [-0.2, 0) is 9.53 Å². The largest absolute Gasteiger partial charge is 0.464 e. The summed E-state index contributed by atoms with van der Waals surface area (Å²) < 4.78 is 5.17. The van der Waals surface area contributed by atoms with Crippen molar-refractivity contribution in [2.45, 2.75) is 39.7 Å². The quantitative estimate of drug-likeness (QED) is 0.840. The number of rotatable bonds is 3. The van der Waals surface area contributed by atoms with Crippen molar-refractivity contribution < 1.29 is 9.53 Å². The topological polar surface area (TPSA) is 50.7 Å². The van der Waals surface area contributed by atoms with E-state index in [0.717, 1.165) is 29.9 Å². The number of hydrogen-bond donors (Lipinski definition) is 1. The fourth-order valence-electron chi connectivity index (χ4n) is 3.15. The Kier molecular flexibility index (Phi) is 4.99. The molecule has 0 radical (unpaired) electrons. The molecule has 2 aliphatic rings. The number of para-hydroxylation sites is 1. The van der Waals surface area contributed by atoms with E-state index in [0.29, 0.717) is 12.4 Å². The molecule has 1 heterocycles. The van der Waals surface area contributed by atoms with E-state index in [2.05, 4.69) is 19.2 Å². The van der Waals surface area contributed by atoms with Crippen molar-refractivity contribution in [3.63, 3.8) is 0 Å². The standard InChI is InChI=1S/C19H24N2O2S/c1-4-23-18(22)16-12-24-17-14(20-13-8-6-5-7-9-13)10-19(2,3)11-15(17)21-16/h5-9,16,21H,4,10-12H2,1-3H3/b20-14+. The van der Waals surface area contributed by atoms with Crippen LogP contribution in [0.4, 0.5) is 5.69 Å². The van der Waals surface area contributed by atoms with Crippen LogP contribution in [0.5, 0.6) is 0 Å². The number of nitrogens with zero attached hydrogens (tertiary/aromatic N) is 1. The monoisotopic (exact) mass is 344 g/mol. The number of carbonyl (C=O) groups is 1. The first-order chi connectivity index (χ1) is 11.5. The summed E-state index contributed by atoms with van der Waals surface area (Å²) in [7, 11) is 0. The number of hydrogen-bond acceptors (Lipinski definition) is 5. The fraction of sp³-hybridized carbons (Fsp3) is 0.474. The lowest BCUT2D eigenvalue weighted by Gasteiger charge is -2.38. The highest BCUT2D eigenvalue weighted by molar-refractivity contribution is 8.04. The molecule has 0 saturated carbocycles. The Bertz CT molecular complexity index is 680. The molecule has 1 aromatic rings. The normalized spacial score (nSPS) is 24.3. The number of esters is 1. The van der Waals surface area contributed by atoms with E-state index in [1.54, 1.807) is 11.8 Å². The Hall–Kier alpha value is -1.75.